The van der Waals surface area contributed by atoms with E-state index in [2.05, 4.69) is 5.10 Å². The van der Waals surface area contributed by atoms with Gasteiger partial charge in [-0.15, -0.1) is 0 Å². The summed E-state index contributed by atoms with van der Waals surface area (Å²) in [5, 5.41) is 4.11. The third-order valence-electron chi connectivity index (χ3n) is 2.72. The molecule has 3 nitrogen and oxygen atoms in total. The van der Waals surface area contributed by atoms with Crippen LogP contribution >= 0.6 is 0 Å². The van der Waals surface area contributed by atoms with Gasteiger partial charge >= 0.3 is 6.18 Å². The van der Waals surface area contributed by atoms with Crippen LogP contribution in [-0.4, -0.2) is 21.7 Å². The average Bonchev–Trinajstić information content (AvgIpc) is 2.41. The Labute approximate surface area is 97.6 Å². The largest absolute Gasteiger partial charge is 0.389 e. The fraction of sp³-hybridized carbons (Fsp3) is 0.636. The molecule has 0 amide bonds. The third kappa shape index (κ3) is 3.87. The number of ketones is 1. The molecule has 1 heterocycles. The van der Waals surface area contributed by atoms with Crippen LogP contribution in [0.4, 0.5) is 13.2 Å². The number of carbonyl (C=O) groups excluding carboxylic acids is 1. The second-order valence-electron chi connectivity index (χ2n) is 4.10. The predicted molar refractivity (Wildman–Crippen MR) is 56.7 cm³/mol. The number of hydrogen-bond donors (Lipinski definition) is 0. The number of rotatable bonds is 4. The van der Waals surface area contributed by atoms with Crippen molar-refractivity contribution in [1.82, 2.24) is 9.78 Å². The third-order valence-corrected chi connectivity index (χ3v) is 2.72. The molecule has 0 spiro atoms. The Morgan fingerprint density at radius 1 is 1.35 bits per heavy atom. The van der Waals surface area contributed by atoms with Gasteiger partial charge in [-0.3, -0.25) is 9.48 Å². The fourth-order valence-electron chi connectivity index (χ4n) is 1.64. The zero-order valence-electron chi connectivity index (χ0n) is 10.1. The van der Waals surface area contributed by atoms with Crippen LogP contribution in [0.25, 0.3) is 0 Å². The predicted octanol–water partition coefficient (Wildman–Crippen LogP) is 2.49. The maximum absolute atomic E-state index is 11.9. The second kappa shape index (κ2) is 4.89. The normalized spacial score (nSPS) is 11.9. The van der Waals surface area contributed by atoms with Gasteiger partial charge in [-0.25, -0.2) is 0 Å². The van der Waals surface area contributed by atoms with Gasteiger partial charge in [-0.2, -0.15) is 18.3 Å². The fourth-order valence-corrected chi connectivity index (χ4v) is 1.64. The summed E-state index contributed by atoms with van der Waals surface area (Å²) in [5.41, 5.74) is 2.26. The number of alkyl halides is 3. The molecule has 17 heavy (non-hydrogen) atoms. The van der Waals surface area contributed by atoms with Crippen LogP contribution < -0.4 is 0 Å². The maximum Gasteiger partial charge on any atom is 0.389 e. The first-order valence-electron chi connectivity index (χ1n) is 5.28. The lowest BCUT2D eigenvalue weighted by Crippen LogP contribution is -2.12. The minimum atomic E-state index is -4.27. The topological polar surface area (TPSA) is 34.9 Å². The van der Waals surface area contributed by atoms with E-state index >= 15 is 0 Å². The Bertz CT molecular complexity index is 421. The Hall–Kier alpha value is -1.33. The van der Waals surface area contributed by atoms with Crippen molar-refractivity contribution in [2.75, 3.05) is 0 Å². The molecule has 6 heteroatoms. The molecule has 0 saturated carbocycles. The molecule has 1 rings (SSSR count). The molecule has 1 aromatic heterocycles. The summed E-state index contributed by atoms with van der Waals surface area (Å²) in [5.74, 6) is -0.401. The number of Topliss-reactive ketones (excluding diaryl/α,β-unsaturated/α-hetero) is 1. The highest BCUT2D eigenvalue weighted by Gasteiger charge is 2.28. The summed E-state index contributed by atoms with van der Waals surface area (Å²) >= 11 is 0. The molecule has 96 valence electrons. The minimum absolute atomic E-state index is 0.0294. The second-order valence-corrected chi connectivity index (χ2v) is 4.10. The zero-order valence-corrected chi connectivity index (χ0v) is 10.1. The number of aromatic nitrogens is 2. The molecule has 0 bridgehead atoms. The van der Waals surface area contributed by atoms with E-state index in [1.807, 2.05) is 0 Å². The number of nitrogens with zero attached hydrogens (tertiary/aromatic N) is 2. The lowest BCUT2D eigenvalue weighted by Gasteiger charge is -2.05. The molecule has 0 aliphatic carbocycles. The van der Waals surface area contributed by atoms with Crippen LogP contribution in [0.2, 0.25) is 0 Å². The van der Waals surface area contributed by atoms with Gasteiger partial charge in [0, 0.05) is 31.1 Å². The van der Waals surface area contributed by atoms with Gasteiger partial charge in [-0.1, -0.05) is 0 Å². The van der Waals surface area contributed by atoms with Gasteiger partial charge in [0.1, 0.15) is 5.78 Å². The summed E-state index contributed by atoms with van der Waals surface area (Å²) in [7, 11) is 1.74. The van der Waals surface area contributed by atoms with Crippen LogP contribution in [0.15, 0.2) is 0 Å². The van der Waals surface area contributed by atoms with Crippen LogP contribution in [0, 0.1) is 13.8 Å². The first-order chi connectivity index (χ1) is 7.70. The van der Waals surface area contributed by atoms with Crippen molar-refractivity contribution in [2.24, 2.45) is 7.05 Å². The highest BCUT2D eigenvalue weighted by molar-refractivity contribution is 5.81. The first kappa shape index (κ1) is 13.7. The minimum Gasteiger partial charge on any atom is -0.299 e. The molecule has 0 unspecified atom stereocenters. The van der Waals surface area contributed by atoms with E-state index in [-0.39, 0.29) is 6.42 Å². The summed E-state index contributed by atoms with van der Waals surface area (Å²) in [6.07, 6.45) is -5.75. The lowest BCUT2D eigenvalue weighted by atomic mass is 10.0. The van der Waals surface area contributed by atoms with E-state index < -0.39 is 24.8 Å². The Kier molecular flexibility index (Phi) is 3.95. The molecule has 0 atom stereocenters. The quantitative estimate of drug-likeness (QED) is 0.820. The van der Waals surface area contributed by atoms with Crippen LogP contribution in [0.3, 0.4) is 0 Å². The van der Waals surface area contributed by atoms with Gasteiger partial charge in [0.25, 0.3) is 0 Å². The first-order valence-corrected chi connectivity index (χ1v) is 5.28. The number of carbonyl (C=O) groups is 1. The smallest absolute Gasteiger partial charge is 0.299 e. The highest BCUT2D eigenvalue weighted by Crippen LogP contribution is 2.22. The molecule has 1 aromatic rings. The van der Waals surface area contributed by atoms with Gasteiger partial charge < -0.3 is 0 Å². The summed E-state index contributed by atoms with van der Waals surface area (Å²) < 4.78 is 37.5. The summed E-state index contributed by atoms with van der Waals surface area (Å²) in [6.45, 7) is 3.55. The zero-order chi connectivity index (χ0) is 13.2. The van der Waals surface area contributed by atoms with E-state index in [4.69, 9.17) is 0 Å². The molecule has 0 N–H and O–H groups in total. The molecule has 0 aromatic carbocycles. The van der Waals surface area contributed by atoms with Crippen molar-refractivity contribution in [2.45, 2.75) is 39.3 Å². The Morgan fingerprint density at radius 3 is 2.35 bits per heavy atom. The number of hydrogen-bond acceptors (Lipinski definition) is 2. The Balaban J connectivity index is 2.63. The van der Waals surface area contributed by atoms with Crippen molar-refractivity contribution in [3.8, 4) is 0 Å². The van der Waals surface area contributed by atoms with Crippen LogP contribution in [-0.2, 0) is 18.3 Å². The number of aryl methyl sites for hydroxylation is 2. The molecule has 0 fully saturated rings. The van der Waals surface area contributed by atoms with Crippen molar-refractivity contribution < 1.29 is 18.0 Å². The maximum atomic E-state index is 11.9. The standard InChI is InChI=1S/C11H15F3N2O/c1-7-10(8(2)16(3)15-7)6-9(17)4-5-11(12,13)14/h4-6H2,1-3H3. The average molecular weight is 248 g/mol. The van der Waals surface area contributed by atoms with E-state index in [9.17, 15) is 18.0 Å². The molecule has 0 aliphatic heterocycles. The van der Waals surface area contributed by atoms with E-state index in [0.717, 1.165) is 11.3 Å². The van der Waals surface area contributed by atoms with Gasteiger partial charge in [-0.05, 0) is 13.8 Å². The van der Waals surface area contributed by atoms with E-state index in [0.29, 0.717) is 5.69 Å². The van der Waals surface area contributed by atoms with Gasteiger partial charge in [0.05, 0.1) is 12.1 Å². The van der Waals surface area contributed by atoms with Crippen molar-refractivity contribution in [3.63, 3.8) is 0 Å². The molecular formula is C11H15F3N2O. The highest BCUT2D eigenvalue weighted by atomic mass is 19.4. The molecule has 0 aliphatic rings. The van der Waals surface area contributed by atoms with Gasteiger partial charge in [0.2, 0.25) is 0 Å². The van der Waals surface area contributed by atoms with Crippen molar-refractivity contribution in [3.05, 3.63) is 17.0 Å². The van der Waals surface area contributed by atoms with Crippen molar-refractivity contribution in [1.29, 1.82) is 0 Å². The Morgan fingerprint density at radius 2 is 1.94 bits per heavy atom. The molecule has 0 saturated heterocycles. The van der Waals surface area contributed by atoms with Crippen LogP contribution in [0.1, 0.15) is 29.8 Å². The summed E-state index contributed by atoms with van der Waals surface area (Å²) in [4.78, 5) is 11.4. The lowest BCUT2D eigenvalue weighted by molar-refractivity contribution is -0.143. The number of halogens is 3. The van der Waals surface area contributed by atoms with Gasteiger partial charge in [0.15, 0.2) is 0 Å². The van der Waals surface area contributed by atoms with Crippen LogP contribution in [0.5, 0.6) is 0 Å². The van der Waals surface area contributed by atoms with E-state index in [1.165, 1.54) is 0 Å². The molecular weight excluding hydrogens is 233 g/mol. The SMILES string of the molecule is Cc1nn(C)c(C)c1CC(=O)CCC(F)(F)F. The van der Waals surface area contributed by atoms with Crippen molar-refractivity contribution >= 4 is 5.78 Å². The monoisotopic (exact) mass is 248 g/mol. The summed E-state index contributed by atoms with van der Waals surface area (Å²) in [6, 6.07) is 0. The molecule has 0 radical (unpaired) electrons. The van der Waals surface area contributed by atoms with E-state index in [1.54, 1.807) is 25.6 Å².